The zero-order chi connectivity index (χ0) is 12.3. The summed E-state index contributed by atoms with van der Waals surface area (Å²) >= 11 is 0. The van der Waals surface area contributed by atoms with Crippen molar-refractivity contribution >= 4 is 11.7 Å². The highest BCUT2D eigenvalue weighted by atomic mass is 16.5. The first kappa shape index (κ1) is 11.9. The van der Waals surface area contributed by atoms with Crippen molar-refractivity contribution in [3.63, 3.8) is 0 Å². The summed E-state index contributed by atoms with van der Waals surface area (Å²) in [5.74, 6) is -0.934. The van der Waals surface area contributed by atoms with E-state index < -0.39 is 5.97 Å². The van der Waals surface area contributed by atoms with Crippen molar-refractivity contribution in [3.8, 4) is 0 Å². The first-order chi connectivity index (χ1) is 8.20. The molecule has 2 rings (SSSR count). The minimum Gasteiger partial charge on any atom is -0.478 e. The summed E-state index contributed by atoms with van der Waals surface area (Å²) in [7, 11) is 1.71. The minimum atomic E-state index is -0.934. The molecule has 1 heterocycles. The molecule has 1 aliphatic rings. The van der Waals surface area contributed by atoms with Crippen LogP contribution in [0.15, 0.2) is 18.5 Å². The van der Waals surface area contributed by atoms with Crippen LogP contribution in [0.3, 0.4) is 0 Å². The Morgan fingerprint density at radius 2 is 2.41 bits per heavy atom. The summed E-state index contributed by atoms with van der Waals surface area (Å²) in [6.45, 7) is 0. The van der Waals surface area contributed by atoms with Gasteiger partial charge in [-0.1, -0.05) is 0 Å². The van der Waals surface area contributed by atoms with E-state index in [9.17, 15) is 4.79 Å². The number of carboxylic acid groups (broad SMARTS) is 1. The number of carboxylic acids is 1. The van der Waals surface area contributed by atoms with Crippen LogP contribution in [0, 0.1) is 0 Å². The molecule has 1 saturated carbocycles. The molecule has 92 valence electrons. The number of anilines is 1. The Balaban J connectivity index is 2.06. The summed E-state index contributed by atoms with van der Waals surface area (Å²) in [5.41, 5.74) is 0.850. The van der Waals surface area contributed by atoms with Crippen LogP contribution >= 0.6 is 0 Å². The molecule has 0 aliphatic heterocycles. The summed E-state index contributed by atoms with van der Waals surface area (Å²) in [6, 6.07) is 1.77. The summed E-state index contributed by atoms with van der Waals surface area (Å²) in [4.78, 5) is 15.0. The minimum absolute atomic E-state index is 0.265. The fourth-order valence-corrected chi connectivity index (χ4v) is 2.20. The van der Waals surface area contributed by atoms with Gasteiger partial charge in [0.25, 0.3) is 0 Å². The van der Waals surface area contributed by atoms with Crippen molar-refractivity contribution in [1.29, 1.82) is 0 Å². The lowest BCUT2D eigenvalue weighted by atomic mass is 10.2. The number of rotatable bonds is 4. The van der Waals surface area contributed by atoms with Crippen LogP contribution < -0.4 is 5.32 Å². The topological polar surface area (TPSA) is 71.5 Å². The lowest BCUT2D eigenvalue weighted by Crippen LogP contribution is -2.19. The fraction of sp³-hybridized carbons (Fsp3) is 0.500. The predicted octanol–water partition coefficient (Wildman–Crippen LogP) is 1.76. The Hall–Kier alpha value is -1.62. The largest absolute Gasteiger partial charge is 0.478 e. The van der Waals surface area contributed by atoms with E-state index in [-0.39, 0.29) is 17.7 Å². The van der Waals surface area contributed by atoms with E-state index in [1.807, 2.05) is 0 Å². The maximum absolute atomic E-state index is 11.0. The number of pyridine rings is 1. The number of nitrogens with one attached hydrogen (secondary N) is 1. The number of hydrogen-bond acceptors (Lipinski definition) is 4. The maximum atomic E-state index is 11.0. The first-order valence-corrected chi connectivity index (χ1v) is 5.67. The van der Waals surface area contributed by atoms with E-state index in [0.29, 0.717) is 5.69 Å². The van der Waals surface area contributed by atoms with Crippen LogP contribution in [0.2, 0.25) is 0 Å². The van der Waals surface area contributed by atoms with Crippen molar-refractivity contribution in [3.05, 3.63) is 24.0 Å². The van der Waals surface area contributed by atoms with Crippen LogP contribution in [0.4, 0.5) is 5.69 Å². The van der Waals surface area contributed by atoms with Gasteiger partial charge in [-0.05, 0) is 25.3 Å². The molecule has 1 aromatic heterocycles. The van der Waals surface area contributed by atoms with E-state index in [1.54, 1.807) is 13.3 Å². The van der Waals surface area contributed by atoms with E-state index in [0.717, 1.165) is 19.3 Å². The zero-order valence-electron chi connectivity index (χ0n) is 9.72. The van der Waals surface area contributed by atoms with E-state index >= 15 is 0 Å². The van der Waals surface area contributed by atoms with Crippen molar-refractivity contribution in [2.45, 2.75) is 31.4 Å². The molecule has 2 N–H and O–H groups in total. The van der Waals surface area contributed by atoms with Crippen molar-refractivity contribution in [1.82, 2.24) is 4.98 Å². The van der Waals surface area contributed by atoms with Crippen molar-refractivity contribution in [2.24, 2.45) is 0 Å². The number of hydrogen-bond donors (Lipinski definition) is 2. The molecular weight excluding hydrogens is 220 g/mol. The maximum Gasteiger partial charge on any atom is 0.337 e. The Labute approximate surface area is 99.8 Å². The average molecular weight is 236 g/mol. The molecule has 0 radical (unpaired) electrons. The van der Waals surface area contributed by atoms with E-state index in [1.165, 1.54) is 12.3 Å². The molecule has 1 fully saturated rings. The van der Waals surface area contributed by atoms with Gasteiger partial charge in [-0.25, -0.2) is 4.79 Å². The Morgan fingerprint density at radius 1 is 1.59 bits per heavy atom. The van der Waals surface area contributed by atoms with Crippen LogP contribution in [-0.4, -0.2) is 35.3 Å². The van der Waals surface area contributed by atoms with E-state index in [4.69, 9.17) is 9.84 Å². The lowest BCUT2D eigenvalue weighted by molar-refractivity contribution is 0.0698. The number of nitrogens with zero attached hydrogens (tertiary/aromatic N) is 1. The van der Waals surface area contributed by atoms with Gasteiger partial charge in [0.15, 0.2) is 0 Å². The number of aromatic carboxylic acids is 1. The van der Waals surface area contributed by atoms with Gasteiger partial charge in [0, 0.05) is 19.3 Å². The van der Waals surface area contributed by atoms with Gasteiger partial charge in [-0.3, -0.25) is 4.98 Å². The van der Waals surface area contributed by atoms with Crippen molar-refractivity contribution < 1.29 is 14.6 Å². The highest BCUT2D eigenvalue weighted by Gasteiger charge is 2.25. The third-order valence-electron chi connectivity index (χ3n) is 3.13. The van der Waals surface area contributed by atoms with Gasteiger partial charge in [0.1, 0.15) is 0 Å². The zero-order valence-corrected chi connectivity index (χ0v) is 9.72. The van der Waals surface area contributed by atoms with Crippen LogP contribution in [0.1, 0.15) is 29.6 Å². The van der Waals surface area contributed by atoms with Gasteiger partial charge in [0.2, 0.25) is 0 Å². The highest BCUT2D eigenvalue weighted by Crippen LogP contribution is 2.25. The summed E-state index contributed by atoms with van der Waals surface area (Å²) in [6.07, 6.45) is 6.23. The Bertz CT molecular complexity index is 408. The Kier molecular flexibility index (Phi) is 3.58. The van der Waals surface area contributed by atoms with Crippen molar-refractivity contribution in [2.75, 3.05) is 12.4 Å². The van der Waals surface area contributed by atoms with Gasteiger partial charge in [-0.15, -0.1) is 0 Å². The first-order valence-electron chi connectivity index (χ1n) is 5.67. The quantitative estimate of drug-likeness (QED) is 0.833. The van der Waals surface area contributed by atoms with Crippen LogP contribution in [-0.2, 0) is 4.74 Å². The normalized spacial score (nSPS) is 23.6. The number of aromatic nitrogens is 1. The number of ether oxygens (including phenoxy) is 1. The third-order valence-corrected chi connectivity index (χ3v) is 3.13. The molecule has 2 atom stereocenters. The molecule has 2 unspecified atom stereocenters. The smallest absolute Gasteiger partial charge is 0.337 e. The molecule has 0 amide bonds. The van der Waals surface area contributed by atoms with Gasteiger partial charge in [-0.2, -0.15) is 0 Å². The molecule has 0 spiro atoms. The molecular formula is C12H16N2O3. The molecule has 17 heavy (non-hydrogen) atoms. The fourth-order valence-electron chi connectivity index (χ4n) is 2.20. The lowest BCUT2D eigenvalue weighted by Gasteiger charge is -2.15. The molecule has 0 saturated heterocycles. The second kappa shape index (κ2) is 5.14. The Morgan fingerprint density at radius 3 is 3.06 bits per heavy atom. The summed E-state index contributed by atoms with van der Waals surface area (Å²) < 4.78 is 5.28. The van der Waals surface area contributed by atoms with Gasteiger partial charge >= 0.3 is 5.97 Å². The molecule has 0 bridgehead atoms. The third kappa shape index (κ3) is 2.74. The van der Waals surface area contributed by atoms with Crippen LogP contribution in [0.5, 0.6) is 0 Å². The molecule has 5 nitrogen and oxygen atoms in total. The summed E-state index contributed by atoms with van der Waals surface area (Å²) in [5, 5.41) is 12.3. The van der Waals surface area contributed by atoms with Crippen LogP contribution in [0.25, 0.3) is 0 Å². The average Bonchev–Trinajstić information content (AvgIpc) is 2.77. The molecule has 0 aromatic carbocycles. The predicted molar refractivity (Wildman–Crippen MR) is 63.3 cm³/mol. The van der Waals surface area contributed by atoms with Gasteiger partial charge in [0.05, 0.1) is 23.6 Å². The molecule has 1 aliphatic carbocycles. The SMILES string of the molecule is COC1CCC(Nc2cnccc2C(=O)O)C1. The standard InChI is InChI=1S/C12H16N2O3/c1-17-9-3-2-8(6-9)14-11-7-13-5-4-10(11)12(15)16/h4-5,7-9,14H,2-3,6H2,1H3,(H,15,16). The van der Waals surface area contributed by atoms with E-state index in [2.05, 4.69) is 10.3 Å². The highest BCUT2D eigenvalue weighted by molar-refractivity contribution is 5.93. The van der Waals surface area contributed by atoms with Gasteiger partial charge < -0.3 is 15.2 Å². The number of methoxy groups -OCH3 is 1. The second-order valence-electron chi connectivity index (χ2n) is 4.24. The second-order valence-corrected chi connectivity index (χ2v) is 4.24. The number of carbonyl (C=O) groups is 1. The monoisotopic (exact) mass is 236 g/mol. The molecule has 1 aromatic rings. The molecule has 5 heteroatoms.